The number of hydrogen-bond donors (Lipinski definition) is 0. The van der Waals surface area contributed by atoms with E-state index in [1.54, 1.807) is 0 Å². The molecular weight excluding hydrogens is 611 g/mol. The second kappa shape index (κ2) is 11.4. The summed E-state index contributed by atoms with van der Waals surface area (Å²) < 4.78 is 4.37. The molecule has 7 aromatic carbocycles. The minimum absolute atomic E-state index is 0.453. The van der Waals surface area contributed by atoms with Gasteiger partial charge in [-0.1, -0.05) is 97.1 Å². The number of hydrogen-bond acceptors (Lipinski definition) is 2. The van der Waals surface area contributed by atoms with E-state index in [1.165, 1.54) is 0 Å². The zero-order valence-corrected chi connectivity index (χ0v) is 26.7. The molecule has 0 amide bonds. The minimum Gasteiger partial charge on any atom is -0.309 e. The smallest absolute Gasteiger partial charge is 0.190 e. The first-order valence-corrected chi connectivity index (χ1v) is 16.3. The van der Waals surface area contributed by atoms with Crippen LogP contribution in [0.5, 0.6) is 0 Å². The first kappa shape index (κ1) is 28.8. The van der Waals surface area contributed by atoms with Gasteiger partial charge in [-0.2, -0.15) is 10.5 Å². The van der Waals surface area contributed by atoms with Gasteiger partial charge >= 0.3 is 0 Å². The Morgan fingerprint density at radius 2 is 0.940 bits per heavy atom. The highest BCUT2D eigenvalue weighted by molar-refractivity contribution is 6.11. The zero-order chi connectivity index (χ0) is 33.8. The monoisotopic (exact) mass is 635 g/mol. The summed E-state index contributed by atoms with van der Waals surface area (Å²) in [6, 6.07) is 55.4. The lowest BCUT2D eigenvalue weighted by Crippen LogP contribution is -2.01. The number of rotatable bonds is 4. The fraction of sp³-hybridized carbons (Fsp3) is 0. The van der Waals surface area contributed by atoms with Crippen LogP contribution in [0.2, 0.25) is 0 Å². The van der Waals surface area contributed by atoms with E-state index in [9.17, 15) is 10.5 Å². The number of fused-ring (bicyclic) bond motifs is 6. The number of nitrogens with zero attached hydrogens (tertiary/aromatic N) is 5. The van der Waals surface area contributed by atoms with Gasteiger partial charge in [0, 0.05) is 27.1 Å². The van der Waals surface area contributed by atoms with Crippen LogP contribution in [0, 0.1) is 29.2 Å². The third-order valence-electron chi connectivity index (χ3n) is 9.62. The van der Waals surface area contributed by atoms with E-state index in [0.717, 1.165) is 66.0 Å². The van der Waals surface area contributed by atoms with Gasteiger partial charge in [0.1, 0.15) is 6.07 Å². The first-order valence-electron chi connectivity index (χ1n) is 16.3. The number of benzene rings is 7. The molecule has 0 aliphatic rings. The van der Waals surface area contributed by atoms with Crippen molar-refractivity contribution in [1.29, 1.82) is 10.5 Å². The molecule has 2 heterocycles. The molecule has 9 rings (SSSR count). The van der Waals surface area contributed by atoms with Crippen molar-refractivity contribution in [2.45, 2.75) is 0 Å². The van der Waals surface area contributed by atoms with Gasteiger partial charge in [0.2, 0.25) is 0 Å². The summed E-state index contributed by atoms with van der Waals surface area (Å²) in [6.45, 7) is 8.12. The molecule has 0 spiro atoms. The van der Waals surface area contributed by atoms with Crippen molar-refractivity contribution >= 4 is 49.3 Å². The fourth-order valence-electron chi connectivity index (χ4n) is 7.52. The molecule has 0 aliphatic carbocycles. The maximum atomic E-state index is 10.9. The van der Waals surface area contributed by atoms with Crippen molar-refractivity contribution in [3.8, 4) is 45.8 Å². The molecule has 230 valence electrons. The van der Waals surface area contributed by atoms with Gasteiger partial charge in [0.05, 0.1) is 57.2 Å². The number of aromatic nitrogens is 2. The second-order valence-electron chi connectivity index (χ2n) is 12.2. The molecule has 5 nitrogen and oxygen atoms in total. The Kier molecular flexibility index (Phi) is 6.56. The molecule has 0 aliphatic heterocycles. The summed E-state index contributed by atoms with van der Waals surface area (Å²) >= 11 is 0. The summed E-state index contributed by atoms with van der Waals surface area (Å²) in [5.41, 5.74) is 10.7. The number of nitriles is 2. The summed E-state index contributed by atoms with van der Waals surface area (Å²) in [6.07, 6.45) is 0. The molecule has 0 N–H and O–H groups in total. The van der Waals surface area contributed by atoms with Gasteiger partial charge in [-0.05, 0) is 71.3 Å². The molecule has 0 bridgehead atoms. The second-order valence-corrected chi connectivity index (χ2v) is 12.2. The van der Waals surface area contributed by atoms with Crippen molar-refractivity contribution in [2.24, 2.45) is 0 Å². The Balaban J connectivity index is 1.33. The van der Waals surface area contributed by atoms with Crippen LogP contribution in [0.15, 0.2) is 152 Å². The van der Waals surface area contributed by atoms with Gasteiger partial charge in [-0.3, -0.25) is 0 Å². The first-order chi connectivity index (χ1) is 24.7. The lowest BCUT2D eigenvalue weighted by molar-refractivity contribution is 1.17. The van der Waals surface area contributed by atoms with Crippen LogP contribution in [0.3, 0.4) is 0 Å². The maximum absolute atomic E-state index is 10.9. The molecule has 0 radical (unpaired) electrons. The average Bonchev–Trinajstić information content (AvgIpc) is 3.70. The van der Waals surface area contributed by atoms with Crippen LogP contribution >= 0.6 is 0 Å². The van der Waals surface area contributed by atoms with Gasteiger partial charge in [0.25, 0.3) is 0 Å². The highest BCUT2D eigenvalue weighted by Gasteiger charge is 2.22. The third kappa shape index (κ3) is 4.24. The lowest BCUT2D eigenvalue weighted by Gasteiger charge is -2.19. The van der Waals surface area contributed by atoms with Crippen molar-refractivity contribution in [1.82, 2.24) is 9.13 Å². The van der Waals surface area contributed by atoms with E-state index in [2.05, 4.69) is 80.7 Å². The van der Waals surface area contributed by atoms with Gasteiger partial charge in [-0.15, -0.1) is 0 Å². The molecule has 5 heteroatoms. The molecule has 0 atom stereocenters. The molecule has 9 aromatic rings. The molecule has 0 fully saturated rings. The van der Waals surface area contributed by atoms with Crippen molar-refractivity contribution in [3.63, 3.8) is 0 Å². The summed E-state index contributed by atoms with van der Waals surface area (Å²) in [7, 11) is 0. The van der Waals surface area contributed by atoms with Gasteiger partial charge < -0.3 is 9.13 Å². The Morgan fingerprint density at radius 3 is 1.54 bits per heavy atom. The predicted molar refractivity (Wildman–Crippen MR) is 202 cm³/mol. The standard InChI is InChI=1S/C45H25N5/c1-48-30-25-37(39(28-47)45(26-30)50-41-19-9-5-15-34(41)35-16-6-10-20-42(35)50)32-13-3-2-12-31(32)33-14-4-8-18-40(33)49-43-21-11-7-17-36(43)38-24-29(27-46)22-23-44(38)49/h2-26H. The highest BCUT2D eigenvalue weighted by Crippen LogP contribution is 2.43. The predicted octanol–water partition coefficient (Wildman–Crippen LogP) is 11.5. The Morgan fingerprint density at radius 1 is 0.440 bits per heavy atom. The van der Waals surface area contributed by atoms with Crippen LogP contribution in [0.1, 0.15) is 11.1 Å². The fourth-order valence-corrected chi connectivity index (χ4v) is 7.52. The largest absolute Gasteiger partial charge is 0.309 e. The molecular formula is C45H25N5. The molecule has 0 saturated heterocycles. The van der Waals surface area contributed by atoms with E-state index >= 15 is 0 Å². The summed E-state index contributed by atoms with van der Waals surface area (Å²) in [4.78, 5) is 3.91. The van der Waals surface area contributed by atoms with E-state index in [4.69, 9.17) is 6.57 Å². The van der Waals surface area contributed by atoms with Crippen LogP contribution in [-0.4, -0.2) is 9.13 Å². The SMILES string of the molecule is [C-]#[N+]c1cc(-c2ccccc2-c2ccccc2-n2c3ccccc3c3cc(C#N)ccc32)c(C#N)c(-n2c3ccccc3c3ccccc32)c1. The molecule has 2 aromatic heterocycles. The quantitative estimate of drug-likeness (QED) is 0.181. The summed E-state index contributed by atoms with van der Waals surface area (Å²) in [5.74, 6) is 0. The highest BCUT2D eigenvalue weighted by atomic mass is 15.0. The Hall–Kier alpha value is -7.39. The van der Waals surface area contributed by atoms with Gasteiger partial charge in [0.15, 0.2) is 5.69 Å². The van der Waals surface area contributed by atoms with E-state index in [-0.39, 0.29) is 0 Å². The molecule has 0 saturated carbocycles. The normalized spacial score (nSPS) is 11.1. The maximum Gasteiger partial charge on any atom is 0.190 e. The summed E-state index contributed by atoms with van der Waals surface area (Å²) in [5, 5.41) is 24.9. The van der Waals surface area contributed by atoms with Crippen molar-refractivity contribution in [2.75, 3.05) is 0 Å². The van der Waals surface area contributed by atoms with Crippen LogP contribution in [0.4, 0.5) is 5.69 Å². The van der Waals surface area contributed by atoms with Crippen LogP contribution in [0.25, 0.3) is 82.1 Å². The molecule has 0 unspecified atom stereocenters. The van der Waals surface area contributed by atoms with E-state index in [1.807, 2.05) is 97.1 Å². The Labute approximate surface area is 288 Å². The molecule has 50 heavy (non-hydrogen) atoms. The van der Waals surface area contributed by atoms with E-state index in [0.29, 0.717) is 28.1 Å². The van der Waals surface area contributed by atoms with Gasteiger partial charge in [-0.25, -0.2) is 4.85 Å². The van der Waals surface area contributed by atoms with Crippen molar-refractivity contribution < 1.29 is 0 Å². The third-order valence-corrected chi connectivity index (χ3v) is 9.62. The van der Waals surface area contributed by atoms with Crippen LogP contribution < -0.4 is 0 Å². The topological polar surface area (TPSA) is 61.8 Å². The van der Waals surface area contributed by atoms with Crippen molar-refractivity contribution in [3.05, 3.63) is 174 Å². The van der Waals surface area contributed by atoms with E-state index < -0.39 is 0 Å². The zero-order valence-electron chi connectivity index (χ0n) is 26.7. The lowest BCUT2D eigenvalue weighted by atomic mass is 9.90. The Bertz CT molecular complexity index is 2920. The number of para-hydroxylation sites is 4. The minimum atomic E-state index is 0.453. The van der Waals surface area contributed by atoms with Crippen LogP contribution in [-0.2, 0) is 0 Å². The average molecular weight is 636 g/mol.